The molecule has 2 heterocycles. The standard InChI is InChI=1S/C32H32N4O4.H2/c1-39-29-16-20-14-27(34-26(20)17-30(29)40-2)31(37)36-28(15-21-18-33-24-12-6-5-11-23(21)24)32(38)35-25-13-7-9-19-8-3-4-10-22(19)25;/h3-6,8,10-12,14,16-18,25,28,33-34H,7,9,13,15H2,1-2H3,(H,35,38)(H,36,37);1H. The van der Waals surface area contributed by atoms with E-state index in [4.69, 9.17) is 9.47 Å². The van der Waals surface area contributed by atoms with Gasteiger partial charge < -0.3 is 30.1 Å². The summed E-state index contributed by atoms with van der Waals surface area (Å²) < 4.78 is 10.8. The van der Waals surface area contributed by atoms with Crippen LogP contribution in [0.4, 0.5) is 0 Å². The highest BCUT2D eigenvalue weighted by Gasteiger charge is 2.28. The van der Waals surface area contributed by atoms with Gasteiger partial charge in [-0.15, -0.1) is 0 Å². The molecule has 206 valence electrons. The van der Waals surface area contributed by atoms with Gasteiger partial charge in [0.1, 0.15) is 11.7 Å². The quantitative estimate of drug-likeness (QED) is 0.211. The molecule has 1 aliphatic rings. The molecular weight excluding hydrogens is 504 g/mol. The van der Waals surface area contributed by atoms with Crippen LogP contribution in [0, 0.1) is 0 Å². The highest BCUT2D eigenvalue weighted by molar-refractivity contribution is 6.01. The number of carbonyl (C=O) groups excluding carboxylic acids is 2. The number of aryl methyl sites for hydroxylation is 1. The molecule has 5 aromatic rings. The number of amides is 2. The van der Waals surface area contributed by atoms with E-state index in [0.717, 1.165) is 52.2 Å². The van der Waals surface area contributed by atoms with Crippen LogP contribution in [0.3, 0.4) is 0 Å². The van der Waals surface area contributed by atoms with Gasteiger partial charge >= 0.3 is 0 Å². The zero-order valence-electron chi connectivity index (χ0n) is 22.5. The van der Waals surface area contributed by atoms with Gasteiger partial charge in [0.2, 0.25) is 5.91 Å². The van der Waals surface area contributed by atoms with Gasteiger partial charge in [0, 0.05) is 41.9 Å². The summed E-state index contributed by atoms with van der Waals surface area (Å²) in [5.41, 5.74) is 5.45. The van der Waals surface area contributed by atoms with Gasteiger partial charge in [-0.2, -0.15) is 0 Å². The molecule has 0 aliphatic heterocycles. The molecule has 2 aromatic heterocycles. The lowest BCUT2D eigenvalue weighted by Gasteiger charge is -2.28. The molecule has 0 fully saturated rings. The van der Waals surface area contributed by atoms with Crippen LogP contribution in [0.15, 0.2) is 72.9 Å². The molecule has 2 unspecified atom stereocenters. The number of para-hydroxylation sites is 1. The molecule has 8 heteroatoms. The average Bonchev–Trinajstić information content (AvgIpc) is 3.60. The van der Waals surface area contributed by atoms with Crippen molar-refractivity contribution in [2.75, 3.05) is 14.2 Å². The van der Waals surface area contributed by atoms with Crippen molar-refractivity contribution in [3.8, 4) is 11.5 Å². The number of hydrogen-bond donors (Lipinski definition) is 4. The Morgan fingerprint density at radius 3 is 2.62 bits per heavy atom. The molecule has 0 bridgehead atoms. The molecule has 0 saturated heterocycles. The van der Waals surface area contributed by atoms with E-state index in [0.29, 0.717) is 23.6 Å². The van der Waals surface area contributed by atoms with Crippen molar-refractivity contribution in [3.63, 3.8) is 0 Å². The minimum atomic E-state index is -0.781. The molecule has 1 aliphatic carbocycles. The monoisotopic (exact) mass is 538 g/mol. The van der Waals surface area contributed by atoms with Gasteiger partial charge in [0.15, 0.2) is 11.5 Å². The van der Waals surface area contributed by atoms with E-state index >= 15 is 0 Å². The lowest BCUT2D eigenvalue weighted by atomic mass is 9.87. The first-order valence-electron chi connectivity index (χ1n) is 13.5. The zero-order chi connectivity index (χ0) is 27.6. The number of H-pyrrole nitrogens is 2. The van der Waals surface area contributed by atoms with Crippen molar-refractivity contribution in [1.29, 1.82) is 0 Å². The highest BCUT2D eigenvalue weighted by Crippen LogP contribution is 2.33. The first kappa shape index (κ1) is 25.6. The van der Waals surface area contributed by atoms with Crippen molar-refractivity contribution in [3.05, 3.63) is 95.3 Å². The number of rotatable bonds is 8. The SMILES string of the molecule is COc1cc2cc(C(=O)NC(Cc3c[nH]c4ccccc34)C(=O)NC3CCCc4ccccc43)[nH]c2cc1OC.[HH]. The Bertz CT molecular complexity index is 1670. The van der Waals surface area contributed by atoms with E-state index in [2.05, 4.69) is 32.7 Å². The second-order valence-electron chi connectivity index (χ2n) is 10.2. The van der Waals surface area contributed by atoms with Crippen LogP contribution >= 0.6 is 0 Å². The van der Waals surface area contributed by atoms with Crippen LogP contribution in [0.5, 0.6) is 11.5 Å². The minimum absolute atomic E-state index is 0. The molecule has 6 rings (SSSR count). The molecule has 2 amide bonds. The second kappa shape index (κ2) is 10.8. The maximum absolute atomic E-state index is 13.8. The maximum Gasteiger partial charge on any atom is 0.268 e. The van der Waals surface area contributed by atoms with Gasteiger partial charge in [0.05, 0.1) is 20.3 Å². The summed E-state index contributed by atoms with van der Waals surface area (Å²) in [6.45, 7) is 0. The van der Waals surface area contributed by atoms with Gasteiger partial charge in [-0.1, -0.05) is 42.5 Å². The molecule has 40 heavy (non-hydrogen) atoms. The number of fused-ring (bicyclic) bond motifs is 3. The molecular formula is C32H34N4O4. The number of methoxy groups -OCH3 is 2. The largest absolute Gasteiger partial charge is 0.493 e. The molecule has 2 atom stereocenters. The third-order valence-electron chi connectivity index (χ3n) is 7.78. The zero-order valence-corrected chi connectivity index (χ0v) is 22.5. The van der Waals surface area contributed by atoms with Crippen LogP contribution in [0.25, 0.3) is 21.8 Å². The van der Waals surface area contributed by atoms with Gasteiger partial charge in [-0.05, 0) is 54.2 Å². The normalized spacial score (nSPS) is 15.4. The van der Waals surface area contributed by atoms with Crippen LogP contribution in [0.1, 0.15) is 47.5 Å². The summed E-state index contributed by atoms with van der Waals surface area (Å²) in [4.78, 5) is 33.8. The van der Waals surface area contributed by atoms with E-state index in [9.17, 15) is 9.59 Å². The van der Waals surface area contributed by atoms with Crippen LogP contribution < -0.4 is 20.1 Å². The number of aromatic nitrogens is 2. The van der Waals surface area contributed by atoms with Crippen LogP contribution in [-0.2, 0) is 17.6 Å². The summed E-state index contributed by atoms with van der Waals surface area (Å²) in [5, 5.41) is 8.09. The van der Waals surface area contributed by atoms with Gasteiger partial charge in [0.25, 0.3) is 5.91 Å². The average molecular weight is 539 g/mol. The van der Waals surface area contributed by atoms with E-state index in [1.807, 2.05) is 48.7 Å². The molecule has 0 spiro atoms. The Balaban J connectivity index is 0.00000337. The number of ether oxygens (including phenoxy) is 2. The fraction of sp³-hybridized carbons (Fsp3) is 0.250. The fourth-order valence-corrected chi connectivity index (χ4v) is 5.72. The maximum atomic E-state index is 13.8. The predicted octanol–water partition coefficient (Wildman–Crippen LogP) is 5.45. The Labute approximate surface area is 233 Å². The molecule has 8 nitrogen and oxygen atoms in total. The summed E-state index contributed by atoms with van der Waals surface area (Å²) in [6, 6.07) is 20.7. The lowest BCUT2D eigenvalue weighted by molar-refractivity contribution is -0.123. The third kappa shape index (κ3) is 4.88. The molecule has 0 radical (unpaired) electrons. The number of benzene rings is 3. The summed E-state index contributed by atoms with van der Waals surface area (Å²) in [7, 11) is 3.14. The number of nitrogens with one attached hydrogen (secondary N) is 4. The lowest BCUT2D eigenvalue weighted by Crippen LogP contribution is -2.49. The van der Waals surface area contributed by atoms with Gasteiger partial charge in [-0.3, -0.25) is 9.59 Å². The van der Waals surface area contributed by atoms with Crippen molar-refractivity contribution >= 4 is 33.6 Å². The smallest absolute Gasteiger partial charge is 0.268 e. The second-order valence-corrected chi connectivity index (χ2v) is 10.2. The van der Waals surface area contributed by atoms with Crippen molar-refractivity contribution < 1.29 is 20.5 Å². The molecule has 4 N–H and O–H groups in total. The Hall–Kier alpha value is -4.72. The van der Waals surface area contributed by atoms with Crippen molar-refractivity contribution in [2.24, 2.45) is 0 Å². The minimum Gasteiger partial charge on any atom is -0.493 e. The van der Waals surface area contributed by atoms with Crippen LogP contribution in [-0.4, -0.2) is 42.0 Å². The summed E-state index contributed by atoms with van der Waals surface area (Å²) in [5.74, 6) is 0.566. The Morgan fingerprint density at radius 2 is 1.77 bits per heavy atom. The summed E-state index contributed by atoms with van der Waals surface area (Å²) in [6.07, 6.45) is 5.13. The van der Waals surface area contributed by atoms with E-state index < -0.39 is 6.04 Å². The van der Waals surface area contributed by atoms with E-state index in [1.165, 1.54) is 5.56 Å². The number of aromatic amines is 2. The fourth-order valence-electron chi connectivity index (χ4n) is 5.72. The molecule has 0 saturated carbocycles. The van der Waals surface area contributed by atoms with Crippen molar-refractivity contribution in [2.45, 2.75) is 37.8 Å². The summed E-state index contributed by atoms with van der Waals surface area (Å²) >= 11 is 0. The third-order valence-corrected chi connectivity index (χ3v) is 7.78. The first-order chi connectivity index (χ1) is 19.5. The Kier molecular flexibility index (Phi) is 6.90. The van der Waals surface area contributed by atoms with E-state index in [-0.39, 0.29) is 19.3 Å². The Morgan fingerprint density at radius 1 is 1.00 bits per heavy atom. The molecule has 3 aromatic carbocycles. The number of hydrogen-bond acceptors (Lipinski definition) is 4. The van der Waals surface area contributed by atoms with Gasteiger partial charge in [-0.25, -0.2) is 0 Å². The van der Waals surface area contributed by atoms with Crippen LogP contribution in [0.2, 0.25) is 0 Å². The predicted molar refractivity (Wildman–Crippen MR) is 157 cm³/mol. The van der Waals surface area contributed by atoms with Crippen molar-refractivity contribution in [1.82, 2.24) is 20.6 Å². The first-order valence-corrected chi connectivity index (χ1v) is 13.5. The highest BCUT2D eigenvalue weighted by atomic mass is 16.5. The number of carbonyl (C=O) groups is 2. The van der Waals surface area contributed by atoms with E-state index in [1.54, 1.807) is 26.4 Å². The topological polar surface area (TPSA) is 108 Å².